The first-order valence-corrected chi connectivity index (χ1v) is 23.8. The van der Waals surface area contributed by atoms with Crippen molar-refractivity contribution >= 4 is 77.9 Å². The van der Waals surface area contributed by atoms with Crippen molar-refractivity contribution in [2.45, 2.75) is 0 Å². The number of furan rings is 1. The molecule has 0 saturated heterocycles. The number of hydrogen-bond acceptors (Lipinski definition) is 3. The van der Waals surface area contributed by atoms with E-state index in [1.54, 1.807) is 0 Å². The lowest BCUT2D eigenvalue weighted by molar-refractivity contribution is 0.669. The summed E-state index contributed by atoms with van der Waals surface area (Å²) in [7, 11) is 0. The molecule has 2 aromatic heterocycles. The number of benzene rings is 11. The molecule has 4 nitrogen and oxygen atoms in total. The monoisotopic (exact) mass is 895 g/mol. The van der Waals surface area contributed by atoms with Crippen LogP contribution >= 0.6 is 0 Å². The number of nitrogens with zero attached hydrogens (tertiary/aromatic N) is 3. The second kappa shape index (κ2) is 17.4. The summed E-state index contributed by atoms with van der Waals surface area (Å²) in [6.45, 7) is 0. The van der Waals surface area contributed by atoms with E-state index < -0.39 is 0 Å². The third-order valence-electron chi connectivity index (χ3n) is 13.6. The molecule has 0 saturated carbocycles. The zero-order valence-corrected chi connectivity index (χ0v) is 38.2. The number of anilines is 6. The Balaban J connectivity index is 1.08. The van der Waals surface area contributed by atoms with E-state index in [0.717, 1.165) is 89.5 Å². The Morgan fingerprint density at radius 2 is 0.786 bits per heavy atom. The molecule has 0 fully saturated rings. The van der Waals surface area contributed by atoms with Gasteiger partial charge in [0.2, 0.25) is 0 Å². The first-order chi connectivity index (χ1) is 34.7. The highest BCUT2D eigenvalue weighted by atomic mass is 16.3. The minimum atomic E-state index is 0.800. The predicted octanol–water partition coefficient (Wildman–Crippen LogP) is 18.6. The SMILES string of the molecule is c1ccc(-c2ccc(N(c3ccccc3)c3cc(N(c4ccccc4)c4ccc(-c5ccccc5)cc4)c4oc5cccc(-c6ccc7c8ccccc8n(-c8ccccc8)c7c6)c5c4c3)cc2)cc1. The first-order valence-electron chi connectivity index (χ1n) is 23.8. The van der Waals surface area contributed by atoms with Crippen LogP contribution in [0.25, 0.3) is 82.8 Å². The number of rotatable bonds is 10. The fraction of sp³-hybridized carbons (Fsp3) is 0. The topological polar surface area (TPSA) is 24.6 Å². The lowest BCUT2D eigenvalue weighted by Gasteiger charge is -2.30. The number of aromatic nitrogens is 1. The van der Waals surface area contributed by atoms with Gasteiger partial charge >= 0.3 is 0 Å². The van der Waals surface area contributed by atoms with Gasteiger partial charge < -0.3 is 18.8 Å². The van der Waals surface area contributed by atoms with Gasteiger partial charge in [-0.3, -0.25) is 0 Å². The molecular formula is C66H45N3O. The van der Waals surface area contributed by atoms with E-state index in [0.29, 0.717) is 0 Å². The molecule has 0 unspecified atom stereocenters. The molecular weight excluding hydrogens is 851 g/mol. The fourth-order valence-corrected chi connectivity index (χ4v) is 10.3. The van der Waals surface area contributed by atoms with Crippen molar-refractivity contribution in [1.29, 1.82) is 0 Å². The van der Waals surface area contributed by atoms with Crippen molar-refractivity contribution in [3.05, 3.63) is 273 Å². The summed E-state index contributed by atoms with van der Waals surface area (Å²) in [4.78, 5) is 4.71. The number of fused-ring (bicyclic) bond motifs is 6. The smallest absolute Gasteiger partial charge is 0.159 e. The van der Waals surface area contributed by atoms with Gasteiger partial charge in [-0.2, -0.15) is 0 Å². The molecule has 330 valence electrons. The van der Waals surface area contributed by atoms with E-state index in [-0.39, 0.29) is 0 Å². The Bertz CT molecular complexity index is 3960. The standard InChI is InChI=1S/C66H45N3O/c1-6-19-46(20-7-1)48-33-38-54(39-34-48)67(51-23-10-3-11-24-51)56-44-60-65-57(50-37-42-59-58-29-16-17-31-61(58)69(62(59)43-50)53-27-14-5-15-28-53)30-18-32-64(65)70-66(60)63(45-56)68(52-25-12-4-13-26-52)55-40-35-49(36-41-55)47-21-8-2-9-22-47/h1-45H. The highest BCUT2D eigenvalue weighted by Crippen LogP contribution is 2.49. The Morgan fingerprint density at radius 3 is 1.41 bits per heavy atom. The lowest BCUT2D eigenvalue weighted by Crippen LogP contribution is -2.13. The predicted molar refractivity (Wildman–Crippen MR) is 294 cm³/mol. The summed E-state index contributed by atoms with van der Waals surface area (Å²) in [6, 6.07) is 97.6. The Kier molecular flexibility index (Phi) is 10.1. The van der Waals surface area contributed by atoms with Crippen molar-refractivity contribution in [2.75, 3.05) is 9.80 Å². The van der Waals surface area contributed by atoms with Crippen LogP contribution in [0.15, 0.2) is 277 Å². The molecule has 0 aliphatic carbocycles. The molecule has 0 bridgehead atoms. The fourth-order valence-electron chi connectivity index (χ4n) is 10.3. The third kappa shape index (κ3) is 7.18. The maximum atomic E-state index is 7.24. The minimum absolute atomic E-state index is 0.800. The van der Waals surface area contributed by atoms with Gasteiger partial charge in [0.15, 0.2) is 5.58 Å². The van der Waals surface area contributed by atoms with Crippen LogP contribution < -0.4 is 9.80 Å². The first kappa shape index (κ1) is 40.9. The van der Waals surface area contributed by atoms with Gasteiger partial charge in [-0.1, -0.05) is 182 Å². The van der Waals surface area contributed by atoms with Crippen LogP contribution in [-0.2, 0) is 0 Å². The van der Waals surface area contributed by atoms with Gasteiger partial charge in [-0.05, 0) is 124 Å². The molecule has 13 rings (SSSR count). The van der Waals surface area contributed by atoms with Gasteiger partial charge in [0.25, 0.3) is 0 Å². The summed E-state index contributed by atoms with van der Waals surface area (Å²) in [5.74, 6) is 0. The molecule has 0 aliphatic heterocycles. The molecule has 0 atom stereocenters. The Labute approximate surface area is 406 Å². The van der Waals surface area contributed by atoms with Gasteiger partial charge in [0.05, 0.1) is 16.7 Å². The number of para-hydroxylation sites is 4. The van der Waals surface area contributed by atoms with Crippen LogP contribution in [0.3, 0.4) is 0 Å². The van der Waals surface area contributed by atoms with E-state index in [2.05, 4.69) is 287 Å². The largest absolute Gasteiger partial charge is 0.454 e. The Hall–Kier alpha value is -9.38. The third-order valence-corrected chi connectivity index (χ3v) is 13.6. The summed E-state index contributed by atoms with van der Waals surface area (Å²) in [6.07, 6.45) is 0. The van der Waals surface area contributed by atoms with E-state index in [9.17, 15) is 0 Å². The molecule has 13 aromatic rings. The highest BCUT2D eigenvalue weighted by molar-refractivity contribution is 6.18. The van der Waals surface area contributed by atoms with Crippen LogP contribution in [0, 0.1) is 0 Å². The molecule has 0 aliphatic rings. The van der Waals surface area contributed by atoms with Gasteiger partial charge in [-0.25, -0.2) is 0 Å². The lowest BCUT2D eigenvalue weighted by atomic mass is 9.97. The summed E-state index contributed by atoms with van der Waals surface area (Å²) >= 11 is 0. The van der Waals surface area contributed by atoms with Crippen LogP contribution in [0.5, 0.6) is 0 Å². The maximum absolute atomic E-state index is 7.24. The molecule has 70 heavy (non-hydrogen) atoms. The van der Waals surface area contributed by atoms with E-state index in [1.165, 1.54) is 27.4 Å². The van der Waals surface area contributed by atoms with Crippen molar-refractivity contribution in [2.24, 2.45) is 0 Å². The van der Waals surface area contributed by atoms with Crippen LogP contribution in [-0.4, -0.2) is 4.57 Å². The van der Waals surface area contributed by atoms with Crippen molar-refractivity contribution in [1.82, 2.24) is 4.57 Å². The Morgan fingerprint density at radius 1 is 0.300 bits per heavy atom. The zero-order chi connectivity index (χ0) is 46.4. The normalized spacial score (nSPS) is 11.4. The molecule has 0 amide bonds. The average molecular weight is 896 g/mol. The quantitative estimate of drug-likeness (QED) is 0.137. The van der Waals surface area contributed by atoms with Crippen LogP contribution in [0.4, 0.5) is 34.1 Å². The van der Waals surface area contributed by atoms with Gasteiger partial charge in [0.1, 0.15) is 5.58 Å². The molecule has 11 aromatic carbocycles. The molecule has 0 radical (unpaired) electrons. The molecule has 2 heterocycles. The summed E-state index contributed by atoms with van der Waals surface area (Å²) in [5.41, 5.74) is 18.0. The van der Waals surface area contributed by atoms with E-state index in [1.807, 2.05) is 0 Å². The number of hydrogen-bond donors (Lipinski definition) is 0. The van der Waals surface area contributed by atoms with E-state index in [4.69, 9.17) is 4.42 Å². The van der Waals surface area contributed by atoms with Gasteiger partial charge in [-0.15, -0.1) is 0 Å². The molecule has 0 spiro atoms. The second-order valence-corrected chi connectivity index (χ2v) is 17.7. The van der Waals surface area contributed by atoms with Crippen molar-refractivity contribution in [3.63, 3.8) is 0 Å². The van der Waals surface area contributed by atoms with Crippen LogP contribution in [0.1, 0.15) is 0 Å². The molecule has 0 N–H and O–H groups in total. The second-order valence-electron chi connectivity index (χ2n) is 17.7. The molecule has 4 heteroatoms. The van der Waals surface area contributed by atoms with Crippen LogP contribution in [0.2, 0.25) is 0 Å². The summed E-state index contributed by atoms with van der Waals surface area (Å²) < 4.78 is 9.63. The average Bonchev–Trinajstić information content (AvgIpc) is 3.99. The highest BCUT2D eigenvalue weighted by Gasteiger charge is 2.25. The zero-order valence-electron chi connectivity index (χ0n) is 38.2. The summed E-state index contributed by atoms with van der Waals surface area (Å²) in [5, 5.41) is 4.52. The van der Waals surface area contributed by atoms with E-state index >= 15 is 0 Å². The van der Waals surface area contributed by atoms with Gasteiger partial charge in [0, 0.05) is 55.7 Å². The van der Waals surface area contributed by atoms with Crippen molar-refractivity contribution in [3.8, 4) is 39.1 Å². The minimum Gasteiger partial charge on any atom is -0.454 e. The van der Waals surface area contributed by atoms with Crippen molar-refractivity contribution < 1.29 is 4.42 Å². The maximum Gasteiger partial charge on any atom is 0.159 e.